The number of pyridine rings is 1. The average molecular weight is 161 g/mol. The Morgan fingerprint density at radius 2 is 2.50 bits per heavy atom. The minimum absolute atomic E-state index is 0.349. The molecule has 1 rings (SSSR count). The number of nitrogens with zero attached hydrogens (tertiary/aromatic N) is 1. The van der Waals surface area contributed by atoms with Crippen molar-refractivity contribution >= 4 is 6.29 Å². The molecular formula is C9H7NO2. The number of ether oxygens (including phenoxy) is 1. The molecule has 0 radical (unpaired) electrons. The first-order valence-electron chi connectivity index (χ1n) is 3.28. The van der Waals surface area contributed by atoms with Gasteiger partial charge in [-0.2, -0.15) is 0 Å². The zero-order valence-corrected chi connectivity index (χ0v) is 6.57. The summed E-state index contributed by atoms with van der Waals surface area (Å²) in [6.07, 6.45) is 7.30. The lowest BCUT2D eigenvalue weighted by atomic mass is 10.2. The highest BCUT2D eigenvalue weighted by molar-refractivity contribution is 5.80. The lowest BCUT2D eigenvalue weighted by Gasteiger charge is -2.03. The fourth-order valence-electron chi connectivity index (χ4n) is 0.873. The number of carbonyl (C=O) groups is 1. The van der Waals surface area contributed by atoms with Crippen LogP contribution in [0, 0.1) is 12.3 Å². The van der Waals surface area contributed by atoms with Crippen molar-refractivity contribution in [1.82, 2.24) is 4.98 Å². The number of rotatable bonds is 2. The van der Waals surface area contributed by atoms with Gasteiger partial charge in [-0.15, -0.1) is 6.42 Å². The molecule has 1 aromatic rings. The maximum Gasteiger partial charge on any atom is 0.163 e. The second kappa shape index (κ2) is 3.54. The lowest BCUT2D eigenvalue weighted by Crippen LogP contribution is -1.95. The van der Waals surface area contributed by atoms with E-state index in [-0.39, 0.29) is 0 Å². The van der Waals surface area contributed by atoms with E-state index in [1.165, 1.54) is 13.3 Å². The van der Waals surface area contributed by atoms with Crippen LogP contribution in [0.15, 0.2) is 12.3 Å². The number of hydrogen-bond donors (Lipinski definition) is 0. The molecule has 0 aromatic carbocycles. The number of terminal acetylenes is 1. The molecule has 3 nitrogen and oxygen atoms in total. The maximum absolute atomic E-state index is 10.5. The van der Waals surface area contributed by atoms with Crippen molar-refractivity contribution in [3.05, 3.63) is 23.5 Å². The zero-order chi connectivity index (χ0) is 8.97. The van der Waals surface area contributed by atoms with Crippen molar-refractivity contribution in [3.8, 4) is 18.1 Å². The van der Waals surface area contributed by atoms with Crippen LogP contribution in [0.4, 0.5) is 0 Å². The fourth-order valence-corrected chi connectivity index (χ4v) is 0.873. The van der Waals surface area contributed by atoms with Crippen molar-refractivity contribution in [1.29, 1.82) is 0 Å². The third-order valence-corrected chi connectivity index (χ3v) is 1.40. The molecule has 0 unspecified atom stereocenters. The van der Waals surface area contributed by atoms with Gasteiger partial charge in [0.1, 0.15) is 0 Å². The summed E-state index contributed by atoms with van der Waals surface area (Å²) in [5, 5.41) is 0. The lowest BCUT2D eigenvalue weighted by molar-refractivity contribution is 0.112. The normalized spacial score (nSPS) is 8.67. The molecule has 60 valence electrons. The summed E-state index contributed by atoms with van der Waals surface area (Å²) in [6.45, 7) is 0. The van der Waals surface area contributed by atoms with Crippen molar-refractivity contribution in [3.63, 3.8) is 0 Å². The Kier molecular flexibility index (Phi) is 2.44. The Labute approximate surface area is 70.4 Å². The first-order chi connectivity index (χ1) is 5.83. The van der Waals surface area contributed by atoms with E-state index in [0.717, 1.165) is 0 Å². The molecule has 1 aromatic heterocycles. The summed E-state index contributed by atoms with van der Waals surface area (Å²) in [5.41, 5.74) is 0.766. The Bertz CT molecular complexity index is 339. The number of methoxy groups -OCH3 is 1. The van der Waals surface area contributed by atoms with E-state index < -0.39 is 0 Å². The quantitative estimate of drug-likeness (QED) is 0.477. The van der Waals surface area contributed by atoms with Crippen LogP contribution in [0.2, 0.25) is 0 Å². The first kappa shape index (κ1) is 8.28. The van der Waals surface area contributed by atoms with Gasteiger partial charge in [-0.25, -0.2) is 4.98 Å². The molecule has 0 aliphatic carbocycles. The molecule has 0 aliphatic heterocycles. The van der Waals surface area contributed by atoms with Gasteiger partial charge in [-0.05, 0) is 12.0 Å². The first-order valence-corrected chi connectivity index (χ1v) is 3.28. The van der Waals surface area contributed by atoms with Gasteiger partial charge < -0.3 is 4.74 Å². The molecule has 0 atom stereocenters. The SMILES string of the molecule is C#Cc1nccc(C=O)c1OC. The molecule has 0 bridgehead atoms. The van der Waals surface area contributed by atoms with Gasteiger partial charge in [0, 0.05) is 6.20 Å². The van der Waals surface area contributed by atoms with Crippen molar-refractivity contribution in [2.75, 3.05) is 7.11 Å². The van der Waals surface area contributed by atoms with Crippen LogP contribution in [-0.4, -0.2) is 18.4 Å². The Balaban J connectivity index is 3.34. The molecule has 1 heterocycles. The van der Waals surface area contributed by atoms with Crippen molar-refractivity contribution in [2.24, 2.45) is 0 Å². The van der Waals surface area contributed by atoms with Crippen LogP contribution in [0.25, 0.3) is 0 Å². The van der Waals surface area contributed by atoms with Gasteiger partial charge in [0.05, 0.1) is 12.7 Å². The zero-order valence-electron chi connectivity index (χ0n) is 6.57. The van der Waals surface area contributed by atoms with Crippen LogP contribution in [0.3, 0.4) is 0 Å². The molecular weight excluding hydrogens is 154 g/mol. The van der Waals surface area contributed by atoms with Gasteiger partial charge in [0.15, 0.2) is 17.7 Å². The molecule has 0 aliphatic rings. The Morgan fingerprint density at radius 3 is 3.00 bits per heavy atom. The summed E-state index contributed by atoms with van der Waals surface area (Å²) in [4.78, 5) is 14.3. The van der Waals surface area contributed by atoms with E-state index in [4.69, 9.17) is 11.2 Å². The monoisotopic (exact) mass is 161 g/mol. The van der Waals surface area contributed by atoms with Crippen LogP contribution in [-0.2, 0) is 0 Å². The third-order valence-electron chi connectivity index (χ3n) is 1.40. The highest BCUT2D eigenvalue weighted by atomic mass is 16.5. The average Bonchev–Trinajstić information content (AvgIpc) is 2.16. The fraction of sp³-hybridized carbons (Fsp3) is 0.111. The van der Waals surface area contributed by atoms with Gasteiger partial charge >= 0.3 is 0 Å². The van der Waals surface area contributed by atoms with E-state index in [2.05, 4.69) is 10.9 Å². The van der Waals surface area contributed by atoms with Gasteiger partial charge in [0.2, 0.25) is 0 Å². The van der Waals surface area contributed by atoms with E-state index in [0.29, 0.717) is 23.3 Å². The summed E-state index contributed by atoms with van der Waals surface area (Å²) < 4.78 is 4.92. The molecule has 0 amide bonds. The van der Waals surface area contributed by atoms with Crippen molar-refractivity contribution < 1.29 is 9.53 Å². The molecule has 12 heavy (non-hydrogen) atoms. The molecule has 0 fully saturated rings. The number of aromatic nitrogens is 1. The van der Waals surface area contributed by atoms with Gasteiger partial charge in [-0.3, -0.25) is 4.79 Å². The topological polar surface area (TPSA) is 39.2 Å². The second-order valence-electron chi connectivity index (χ2n) is 2.04. The standard InChI is InChI=1S/C9H7NO2/c1-3-8-9(12-2)7(6-11)4-5-10-8/h1,4-6H,2H3. The molecule has 0 spiro atoms. The van der Waals surface area contributed by atoms with Crippen molar-refractivity contribution in [2.45, 2.75) is 0 Å². The largest absolute Gasteiger partial charge is 0.493 e. The summed E-state index contributed by atoms with van der Waals surface area (Å²) in [6, 6.07) is 1.55. The number of carbonyl (C=O) groups excluding carboxylic acids is 1. The van der Waals surface area contributed by atoms with E-state index in [9.17, 15) is 4.79 Å². The number of aldehydes is 1. The Hall–Kier alpha value is -1.82. The molecule has 0 N–H and O–H groups in total. The third kappa shape index (κ3) is 1.28. The van der Waals surface area contributed by atoms with E-state index in [1.807, 2.05) is 0 Å². The minimum Gasteiger partial charge on any atom is -0.493 e. The predicted octanol–water partition coefficient (Wildman–Crippen LogP) is 0.884. The molecule has 3 heteroatoms. The summed E-state index contributed by atoms with van der Waals surface area (Å²) in [7, 11) is 1.45. The Morgan fingerprint density at radius 1 is 1.75 bits per heavy atom. The van der Waals surface area contributed by atoms with Crippen LogP contribution >= 0.6 is 0 Å². The van der Waals surface area contributed by atoms with E-state index in [1.54, 1.807) is 6.07 Å². The van der Waals surface area contributed by atoms with Crippen LogP contribution in [0.5, 0.6) is 5.75 Å². The van der Waals surface area contributed by atoms with Crippen LogP contribution < -0.4 is 4.74 Å². The summed E-state index contributed by atoms with van der Waals surface area (Å²) >= 11 is 0. The smallest absolute Gasteiger partial charge is 0.163 e. The minimum atomic E-state index is 0.349. The van der Waals surface area contributed by atoms with Gasteiger partial charge in [0.25, 0.3) is 0 Å². The molecule has 0 saturated heterocycles. The highest BCUT2D eigenvalue weighted by Crippen LogP contribution is 2.18. The maximum atomic E-state index is 10.5. The predicted molar refractivity (Wildman–Crippen MR) is 44.1 cm³/mol. The van der Waals surface area contributed by atoms with Gasteiger partial charge in [-0.1, -0.05) is 0 Å². The number of hydrogen-bond acceptors (Lipinski definition) is 3. The summed E-state index contributed by atoms with van der Waals surface area (Å²) in [5.74, 6) is 2.68. The van der Waals surface area contributed by atoms with E-state index >= 15 is 0 Å². The second-order valence-corrected chi connectivity index (χ2v) is 2.04. The highest BCUT2D eigenvalue weighted by Gasteiger charge is 2.06. The molecule has 0 saturated carbocycles. The van der Waals surface area contributed by atoms with Crippen LogP contribution in [0.1, 0.15) is 16.1 Å².